The highest BCUT2D eigenvalue weighted by Crippen LogP contribution is 2.31. The minimum atomic E-state index is 0.608. The molecule has 0 radical (unpaired) electrons. The Labute approximate surface area is 129 Å². The molecular formula is C14H13N5S2. The second-order valence-corrected chi connectivity index (χ2v) is 6.47. The topological polar surface area (TPSA) is 72.0 Å². The van der Waals surface area contributed by atoms with Crippen LogP contribution in [0.5, 0.6) is 0 Å². The summed E-state index contributed by atoms with van der Waals surface area (Å²) in [5.74, 6) is 0. The fourth-order valence-corrected chi connectivity index (χ4v) is 4.06. The molecule has 0 saturated carbocycles. The van der Waals surface area contributed by atoms with Crippen molar-refractivity contribution in [1.29, 1.82) is 0 Å². The van der Waals surface area contributed by atoms with Gasteiger partial charge in [0, 0.05) is 18.0 Å². The van der Waals surface area contributed by atoms with E-state index >= 15 is 0 Å². The van der Waals surface area contributed by atoms with Gasteiger partial charge < -0.3 is 10.7 Å². The molecule has 4 aromatic rings. The molecule has 0 aliphatic rings. The summed E-state index contributed by atoms with van der Waals surface area (Å²) in [5.41, 5.74) is 8.90. The summed E-state index contributed by atoms with van der Waals surface area (Å²) >= 11 is 3.19. The molecule has 0 aliphatic heterocycles. The summed E-state index contributed by atoms with van der Waals surface area (Å²) in [4.78, 5) is 13.6. The van der Waals surface area contributed by atoms with Crippen molar-refractivity contribution >= 4 is 39.1 Å². The lowest BCUT2D eigenvalue weighted by Crippen LogP contribution is -2.05. The minimum absolute atomic E-state index is 0.608. The van der Waals surface area contributed by atoms with Gasteiger partial charge in [-0.2, -0.15) is 0 Å². The van der Waals surface area contributed by atoms with E-state index in [2.05, 4.69) is 19.4 Å². The van der Waals surface area contributed by atoms with Gasteiger partial charge in [0.1, 0.15) is 5.03 Å². The van der Waals surface area contributed by atoms with E-state index in [0.717, 1.165) is 38.3 Å². The van der Waals surface area contributed by atoms with E-state index < -0.39 is 0 Å². The summed E-state index contributed by atoms with van der Waals surface area (Å²) in [5, 5.41) is 3.88. The second kappa shape index (κ2) is 5.18. The first-order valence-corrected chi connectivity index (χ1v) is 8.32. The molecule has 106 valence electrons. The van der Waals surface area contributed by atoms with Crippen LogP contribution in [0.2, 0.25) is 0 Å². The first-order chi connectivity index (χ1) is 10.3. The average Bonchev–Trinajstić information content (AvgIpc) is 3.15. The maximum atomic E-state index is 5.73. The molecule has 0 atom stereocenters. The number of hydrogen-bond donors (Lipinski definition) is 2. The second-order valence-electron chi connectivity index (χ2n) is 4.62. The Bertz CT molecular complexity index is 871. The SMILES string of the molecule is NCCc1c(Sc2nc3ccccc3[nH]2)nc2sccn12. The van der Waals surface area contributed by atoms with E-state index in [1.54, 1.807) is 23.1 Å². The Morgan fingerprint density at radius 3 is 3.05 bits per heavy atom. The van der Waals surface area contributed by atoms with Crippen LogP contribution in [0.15, 0.2) is 46.0 Å². The number of hydrogen-bond acceptors (Lipinski definition) is 5. The van der Waals surface area contributed by atoms with Crippen molar-refractivity contribution < 1.29 is 0 Å². The summed E-state index contributed by atoms with van der Waals surface area (Å²) in [6, 6.07) is 8.02. The summed E-state index contributed by atoms with van der Waals surface area (Å²) in [7, 11) is 0. The van der Waals surface area contributed by atoms with E-state index in [1.165, 1.54) is 0 Å². The Morgan fingerprint density at radius 1 is 1.29 bits per heavy atom. The Balaban J connectivity index is 1.75. The third-order valence-electron chi connectivity index (χ3n) is 3.27. The highest BCUT2D eigenvalue weighted by atomic mass is 32.2. The van der Waals surface area contributed by atoms with Crippen LogP contribution in [0.3, 0.4) is 0 Å². The van der Waals surface area contributed by atoms with Crippen LogP contribution in [0, 0.1) is 0 Å². The molecule has 7 heteroatoms. The molecule has 3 aromatic heterocycles. The molecule has 5 nitrogen and oxygen atoms in total. The Kier molecular flexibility index (Phi) is 3.17. The number of benzene rings is 1. The van der Waals surface area contributed by atoms with Gasteiger partial charge in [0.2, 0.25) is 0 Å². The van der Waals surface area contributed by atoms with Gasteiger partial charge in [0.25, 0.3) is 0 Å². The van der Waals surface area contributed by atoms with Gasteiger partial charge in [-0.15, -0.1) is 11.3 Å². The number of imidazole rings is 2. The number of nitrogens with zero attached hydrogens (tertiary/aromatic N) is 3. The first kappa shape index (κ1) is 12.9. The summed E-state index contributed by atoms with van der Waals surface area (Å²) < 4.78 is 2.11. The minimum Gasteiger partial charge on any atom is -0.333 e. The fourth-order valence-electron chi connectivity index (χ4n) is 2.33. The molecule has 0 amide bonds. The zero-order valence-electron chi connectivity index (χ0n) is 11.1. The van der Waals surface area contributed by atoms with Crippen LogP contribution in [-0.4, -0.2) is 25.9 Å². The predicted octanol–water partition coefficient (Wildman–Crippen LogP) is 2.92. The number of aromatic amines is 1. The van der Waals surface area contributed by atoms with E-state index in [9.17, 15) is 0 Å². The first-order valence-electron chi connectivity index (χ1n) is 6.62. The Hall–Kier alpha value is -1.83. The van der Waals surface area contributed by atoms with Crippen molar-refractivity contribution in [2.45, 2.75) is 16.6 Å². The number of thiazole rings is 1. The van der Waals surface area contributed by atoms with Gasteiger partial charge in [0.05, 0.1) is 16.7 Å². The van der Waals surface area contributed by atoms with Gasteiger partial charge in [-0.25, -0.2) is 9.97 Å². The molecule has 0 unspecified atom stereocenters. The number of H-pyrrole nitrogens is 1. The number of fused-ring (bicyclic) bond motifs is 2. The van der Waals surface area contributed by atoms with Crippen LogP contribution < -0.4 is 5.73 Å². The van der Waals surface area contributed by atoms with Gasteiger partial charge in [-0.05, 0) is 30.4 Å². The van der Waals surface area contributed by atoms with Crippen molar-refractivity contribution in [3.63, 3.8) is 0 Å². The molecule has 0 saturated heterocycles. The molecule has 3 heterocycles. The molecule has 0 fully saturated rings. The van der Waals surface area contributed by atoms with Crippen LogP contribution in [0.4, 0.5) is 0 Å². The van der Waals surface area contributed by atoms with E-state index in [-0.39, 0.29) is 0 Å². The van der Waals surface area contributed by atoms with Crippen LogP contribution in [0.25, 0.3) is 16.0 Å². The highest BCUT2D eigenvalue weighted by molar-refractivity contribution is 7.99. The molecule has 0 spiro atoms. The van der Waals surface area contributed by atoms with Crippen molar-refractivity contribution in [3.05, 3.63) is 41.5 Å². The fraction of sp³-hybridized carbons (Fsp3) is 0.143. The van der Waals surface area contributed by atoms with Crippen LogP contribution in [-0.2, 0) is 6.42 Å². The highest BCUT2D eigenvalue weighted by Gasteiger charge is 2.15. The van der Waals surface area contributed by atoms with E-state index in [4.69, 9.17) is 5.73 Å². The molecular weight excluding hydrogens is 302 g/mol. The zero-order chi connectivity index (χ0) is 14.2. The van der Waals surface area contributed by atoms with Gasteiger partial charge in [-0.1, -0.05) is 12.1 Å². The summed E-state index contributed by atoms with van der Waals surface area (Å²) in [6.07, 6.45) is 2.85. The summed E-state index contributed by atoms with van der Waals surface area (Å²) in [6.45, 7) is 0.608. The lowest BCUT2D eigenvalue weighted by molar-refractivity contribution is 0.877. The quantitative estimate of drug-likeness (QED) is 0.607. The third kappa shape index (κ3) is 2.23. The van der Waals surface area contributed by atoms with E-state index in [1.807, 2.05) is 35.8 Å². The maximum Gasteiger partial charge on any atom is 0.194 e. The lowest BCUT2D eigenvalue weighted by atomic mass is 10.3. The lowest BCUT2D eigenvalue weighted by Gasteiger charge is -2.00. The molecule has 4 rings (SSSR count). The number of nitrogens with two attached hydrogens (primary N) is 1. The van der Waals surface area contributed by atoms with E-state index in [0.29, 0.717) is 6.54 Å². The van der Waals surface area contributed by atoms with Crippen LogP contribution in [0.1, 0.15) is 5.69 Å². The molecule has 3 N–H and O–H groups in total. The predicted molar refractivity (Wildman–Crippen MR) is 86.0 cm³/mol. The van der Waals surface area contributed by atoms with Crippen molar-refractivity contribution in [1.82, 2.24) is 19.4 Å². The van der Waals surface area contributed by atoms with Gasteiger partial charge in [0.15, 0.2) is 10.1 Å². The normalized spacial score (nSPS) is 11.7. The third-order valence-corrected chi connectivity index (χ3v) is 4.93. The number of aromatic nitrogens is 4. The largest absolute Gasteiger partial charge is 0.333 e. The van der Waals surface area contributed by atoms with Gasteiger partial charge >= 0.3 is 0 Å². The Morgan fingerprint density at radius 2 is 2.19 bits per heavy atom. The molecule has 21 heavy (non-hydrogen) atoms. The van der Waals surface area contributed by atoms with Crippen molar-refractivity contribution in [2.24, 2.45) is 5.73 Å². The zero-order valence-corrected chi connectivity index (χ0v) is 12.7. The monoisotopic (exact) mass is 315 g/mol. The molecule has 0 bridgehead atoms. The van der Waals surface area contributed by atoms with Crippen molar-refractivity contribution in [2.75, 3.05) is 6.54 Å². The van der Waals surface area contributed by atoms with Gasteiger partial charge in [-0.3, -0.25) is 4.40 Å². The molecule has 1 aromatic carbocycles. The number of nitrogens with one attached hydrogen (secondary N) is 1. The number of para-hydroxylation sites is 2. The number of rotatable bonds is 4. The average molecular weight is 315 g/mol. The standard InChI is InChI=1S/C14H13N5S2/c15-6-5-11-12(18-14-19(11)7-8-20-14)21-13-16-9-3-1-2-4-10(9)17-13/h1-4,7-8H,5-6,15H2,(H,16,17). The maximum absolute atomic E-state index is 5.73. The molecule has 0 aliphatic carbocycles. The van der Waals surface area contributed by atoms with Crippen molar-refractivity contribution in [3.8, 4) is 0 Å². The smallest absolute Gasteiger partial charge is 0.194 e. The van der Waals surface area contributed by atoms with Crippen LogP contribution >= 0.6 is 23.1 Å².